The van der Waals surface area contributed by atoms with Gasteiger partial charge in [-0.05, 0) is 65.9 Å². The van der Waals surface area contributed by atoms with Crippen molar-refractivity contribution in [3.05, 3.63) is 98.9 Å². The lowest BCUT2D eigenvalue weighted by molar-refractivity contribution is -0.385. The van der Waals surface area contributed by atoms with Crippen LogP contribution >= 0.6 is 0 Å². The molecule has 0 aliphatic carbocycles. The Morgan fingerprint density at radius 3 is 1.27 bits per heavy atom. The maximum atomic E-state index is 11.2. The molecule has 0 saturated heterocycles. The lowest BCUT2D eigenvalue weighted by Gasteiger charge is -2.25. The topological polar surface area (TPSA) is 83.1 Å². The largest absolute Gasteiger partial charge is 0.372 e. The molecular weight excluding hydrogens is 785 g/mol. The highest BCUT2D eigenvalue weighted by molar-refractivity contribution is 5.73. The fraction of sp³-hybridized carbons (Fsp3) is 0.621. The molecule has 6 nitrogen and oxygen atoms in total. The summed E-state index contributed by atoms with van der Waals surface area (Å²) in [5, 5.41) is 20.4. The van der Waals surface area contributed by atoms with Gasteiger partial charge in [-0.25, -0.2) is 0 Å². The number of aromatic nitrogens is 1. The molecular formula is C58H88N4O2. The monoisotopic (exact) mass is 873 g/mol. The normalized spacial score (nSPS) is 11.5. The smallest absolute Gasteiger partial charge is 0.287 e. The third-order valence-electron chi connectivity index (χ3n) is 12.9. The quantitative estimate of drug-likeness (QED) is 0.0323. The van der Waals surface area contributed by atoms with Crippen molar-refractivity contribution in [2.75, 3.05) is 18.0 Å². The second-order valence-corrected chi connectivity index (χ2v) is 18.5. The second-order valence-electron chi connectivity index (χ2n) is 18.5. The lowest BCUT2D eigenvalue weighted by Crippen LogP contribution is -2.25. The van der Waals surface area contributed by atoms with Gasteiger partial charge in [0.25, 0.3) is 5.69 Å². The zero-order valence-electron chi connectivity index (χ0n) is 40.7. The molecule has 1 aromatic heterocycles. The number of nitrogens with zero attached hydrogens (tertiary/aromatic N) is 4. The van der Waals surface area contributed by atoms with Crippen LogP contribution in [0.4, 0.5) is 11.4 Å². The molecule has 6 heteroatoms. The van der Waals surface area contributed by atoms with Crippen LogP contribution in [0, 0.1) is 21.4 Å². The minimum Gasteiger partial charge on any atom is -0.372 e. The van der Waals surface area contributed by atoms with E-state index >= 15 is 0 Å². The Labute approximate surface area is 391 Å². The standard InChI is InChI=1S/C58H88N4O2/c1-3-5-7-9-11-13-15-17-19-21-23-25-27-29-31-33-47-61(48-34-32-30-28-26-24-22-20-18-16-14-12-10-8-6-4-2)57-44-39-52(40-45-57)35-36-54-38-43-56(60-51-54)42-37-53-41-46-58(62(63)64)55(49-53)50-59/h35-46,49,51H,3-34,47-48H2,1-2H3. The zero-order chi connectivity index (χ0) is 45.6. The van der Waals surface area contributed by atoms with Gasteiger partial charge in [-0.3, -0.25) is 15.1 Å². The van der Waals surface area contributed by atoms with Gasteiger partial charge in [0.1, 0.15) is 11.6 Å². The average Bonchev–Trinajstić information content (AvgIpc) is 3.32. The van der Waals surface area contributed by atoms with Crippen LogP contribution in [-0.4, -0.2) is 23.0 Å². The summed E-state index contributed by atoms with van der Waals surface area (Å²) in [6.45, 7) is 6.88. The van der Waals surface area contributed by atoms with Crippen LogP contribution in [0.15, 0.2) is 60.8 Å². The van der Waals surface area contributed by atoms with E-state index in [4.69, 9.17) is 0 Å². The van der Waals surface area contributed by atoms with Crippen LogP contribution in [0.25, 0.3) is 24.3 Å². The Kier molecular flexibility index (Phi) is 31.3. The van der Waals surface area contributed by atoms with E-state index in [1.165, 1.54) is 229 Å². The van der Waals surface area contributed by atoms with Gasteiger partial charge in [0.05, 0.1) is 10.6 Å². The molecule has 0 spiro atoms. The molecule has 0 amide bonds. The first-order valence-electron chi connectivity index (χ1n) is 26.4. The molecule has 0 atom stereocenters. The van der Waals surface area contributed by atoms with Gasteiger partial charge in [0.2, 0.25) is 0 Å². The van der Waals surface area contributed by atoms with Crippen LogP contribution < -0.4 is 4.90 Å². The minimum absolute atomic E-state index is 0.0483. The van der Waals surface area contributed by atoms with E-state index in [2.05, 4.69) is 60.1 Å². The van der Waals surface area contributed by atoms with E-state index in [0.717, 1.165) is 24.3 Å². The van der Waals surface area contributed by atoms with Crippen LogP contribution in [0.5, 0.6) is 0 Å². The number of nitriles is 1. The maximum Gasteiger partial charge on any atom is 0.287 e. The summed E-state index contributed by atoms with van der Waals surface area (Å²) in [6.07, 6.45) is 54.6. The Balaban J connectivity index is 1.40. The van der Waals surface area contributed by atoms with Crippen LogP contribution in [-0.2, 0) is 0 Å². The number of hydrogen-bond acceptors (Lipinski definition) is 5. The number of anilines is 1. The lowest BCUT2D eigenvalue weighted by atomic mass is 10.0. The Morgan fingerprint density at radius 1 is 0.500 bits per heavy atom. The molecule has 64 heavy (non-hydrogen) atoms. The molecule has 352 valence electrons. The highest BCUT2D eigenvalue weighted by Gasteiger charge is 2.13. The predicted molar refractivity (Wildman–Crippen MR) is 278 cm³/mol. The molecule has 3 rings (SSSR count). The van der Waals surface area contributed by atoms with Gasteiger partial charge in [0.15, 0.2) is 0 Å². The minimum atomic E-state index is -0.533. The first-order chi connectivity index (χ1) is 31.5. The van der Waals surface area contributed by atoms with E-state index < -0.39 is 4.92 Å². The first-order valence-corrected chi connectivity index (χ1v) is 26.4. The third kappa shape index (κ3) is 25.9. The molecule has 0 aliphatic rings. The van der Waals surface area contributed by atoms with Gasteiger partial charge < -0.3 is 4.90 Å². The Bertz CT molecular complexity index is 1670. The van der Waals surface area contributed by atoms with E-state index in [1.807, 2.05) is 36.6 Å². The van der Waals surface area contributed by atoms with E-state index in [0.29, 0.717) is 5.56 Å². The molecule has 2 aromatic carbocycles. The number of unbranched alkanes of at least 4 members (excludes halogenated alkanes) is 30. The summed E-state index contributed by atoms with van der Waals surface area (Å²) in [5.74, 6) is 0. The van der Waals surface area contributed by atoms with E-state index in [9.17, 15) is 15.4 Å². The van der Waals surface area contributed by atoms with Crippen molar-refractivity contribution in [2.45, 2.75) is 219 Å². The summed E-state index contributed by atoms with van der Waals surface area (Å²) in [6, 6.07) is 19.5. The highest BCUT2D eigenvalue weighted by atomic mass is 16.6. The number of rotatable bonds is 40. The summed E-state index contributed by atoms with van der Waals surface area (Å²) in [7, 11) is 0. The Morgan fingerprint density at radius 2 is 0.875 bits per heavy atom. The number of nitro groups is 1. The van der Waals surface area contributed by atoms with Crippen LogP contribution in [0.2, 0.25) is 0 Å². The Hall–Kier alpha value is -4.24. The fourth-order valence-electron chi connectivity index (χ4n) is 8.76. The molecule has 0 radical (unpaired) electrons. The number of hydrogen-bond donors (Lipinski definition) is 0. The predicted octanol–water partition coefficient (Wildman–Crippen LogP) is 18.5. The van der Waals surface area contributed by atoms with E-state index in [1.54, 1.807) is 6.07 Å². The van der Waals surface area contributed by atoms with Crippen LogP contribution in [0.1, 0.15) is 247 Å². The highest BCUT2D eigenvalue weighted by Crippen LogP contribution is 2.23. The van der Waals surface area contributed by atoms with Crippen LogP contribution in [0.3, 0.4) is 0 Å². The van der Waals surface area contributed by atoms with Crippen molar-refractivity contribution in [2.24, 2.45) is 0 Å². The van der Waals surface area contributed by atoms with Gasteiger partial charge >= 0.3 is 0 Å². The summed E-state index contributed by atoms with van der Waals surface area (Å²) in [5.41, 5.74) is 4.87. The molecule has 0 fully saturated rings. The number of nitro benzene ring substituents is 1. The molecule has 0 saturated carbocycles. The van der Waals surface area contributed by atoms with E-state index in [-0.39, 0.29) is 11.3 Å². The van der Waals surface area contributed by atoms with Crippen molar-refractivity contribution < 1.29 is 4.92 Å². The molecule has 0 bridgehead atoms. The average molecular weight is 873 g/mol. The fourth-order valence-corrected chi connectivity index (χ4v) is 8.76. The number of pyridine rings is 1. The molecule has 0 N–H and O–H groups in total. The first kappa shape index (κ1) is 54.1. The zero-order valence-corrected chi connectivity index (χ0v) is 40.7. The van der Waals surface area contributed by atoms with Crippen molar-refractivity contribution in [3.8, 4) is 6.07 Å². The van der Waals surface area contributed by atoms with Gasteiger partial charge in [-0.1, -0.05) is 243 Å². The molecule has 3 aromatic rings. The van der Waals surface area contributed by atoms with Gasteiger partial charge in [0, 0.05) is 31.0 Å². The van der Waals surface area contributed by atoms with Gasteiger partial charge in [-0.15, -0.1) is 0 Å². The second kappa shape index (κ2) is 37.0. The SMILES string of the molecule is CCCCCCCCCCCCCCCCCCN(CCCCCCCCCCCCCCCCCC)c1ccc(C=Cc2ccc(C=Cc3ccc([N+](=O)[O-])c(C#N)c3)nc2)cc1. The molecule has 0 aliphatic heterocycles. The summed E-state index contributed by atoms with van der Waals surface area (Å²) >= 11 is 0. The summed E-state index contributed by atoms with van der Waals surface area (Å²) in [4.78, 5) is 17.8. The molecule has 1 heterocycles. The molecule has 0 unspecified atom stereocenters. The maximum absolute atomic E-state index is 11.2. The number of benzene rings is 2. The van der Waals surface area contributed by atoms with Crippen molar-refractivity contribution in [1.82, 2.24) is 4.98 Å². The van der Waals surface area contributed by atoms with Crippen molar-refractivity contribution >= 4 is 35.7 Å². The third-order valence-corrected chi connectivity index (χ3v) is 12.9. The van der Waals surface area contributed by atoms with Gasteiger partial charge in [-0.2, -0.15) is 5.26 Å². The van der Waals surface area contributed by atoms with Crippen molar-refractivity contribution in [1.29, 1.82) is 5.26 Å². The summed E-state index contributed by atoms with van der Waals surface area (Å²) < 4.78 is 0. The van der Waals surface area contributed by atoms with Crippen molar-refractivity contribution in [3.63, 3.8) is 0 Å².